The van der Waals surface area contributed by atoms with E-state index in [9.17, 15) is 9.59 Å². The Morgan fingerprint density at radius 3 is 2.81 bits per heavy atom. The Bertz CT molecular complexity index is 833. The van der Waals surface area contributed by atoms with Gasteiger partial charge in [0, 0.05) is 9.35 Å². The largest absolute Gasteiger partial charge is 0.484 e. The molecule has 1 amide bonds. The molecule has 0 bridgehead atoms. The van der Waals surface area contributed by atoms with Gasteiger partial charge in [0.2, 0.25) is 0 Å². The molecule has 0 radical (unpaired) electrons. The molecule has 1 heterocycles. The number of hydrogen-bond acceptors (Lipinski definition) is 5. The molecule has 5 nitrogen and oxygen atoms in total. The highest BCUT2D eigenvalue weighted by Gasteiger charge is 2.26. The number of anilines is 1. The molecule has 27 heavy (non-hydrogen) atoms. The first-order valence-electron chi connectivity index (χ1n) is 9.08. The number of amides is 1. The number of esters is 1. The third-order valence-corrected chi connectivity index (χ3v) is 6.02. The van der Waals surface area contributed by atoms with Crippen LogP contribution < -0.4 is 10.1 Å². The molecule has 1 aliphatic rings. The van der Waals surface area contributed by atoms with Crippen molar-refractivity contribution in [1.82, 2.24) is 0 Å². The molecular weight excluding hydrogens is 430 g/mol. The van der Waals surface area contributed by atoms with Crippen LogP contribution in [-0.2, 0) is 22.4 Å². The second-order valence-electron chi connectivity index (χ2n) is 6.28. The molecule has 1 aromatic heterocycles. The van der Waals surface area contributed by atoms with E-state index < -0.39 is 0 Å². The van der Waals surface area contributed by atoms with Crippen molar-refractivity contribution in [3.63, 3.8) is 0 Å². The van der Waals surface area contributed by atoms with Crippen LogP contribution in [0.25, 0.3) is 0 Å². The zero-order valence-electron chi connectivity index (χ0n) is 15.2. The van der Waals surface area contributed by atoms with Crippen molar-refractivity contribution in [3.05, 3.63) is 44.7 Å². The SMILES string of the molecule is CCOC(=O)c1c(NC(=O)COc2cccc(Br)c2)sc2c1CCCCC2. The summed E-state index contributed by atoms with van der Waals surface area (Å²) in [6.45, 7) is 1.97. The lowest BCUT2D eigenvalue weighted by Gasteiger charge is -2.09. The van der Waals surface area contributed by atoms with Gasteiger partial charge < -0.3 is 14.8 Å². The third-order valence-electron chi connectivity index (χ3n) is 4.32. The summed E-state index contributed by atoms with van der Waals surface area (Å²) in [4.78, 5) is 26.1. The van der Waals surface area contributed by atoms with Gasteiger partial charge >= 0.3 is 5.97 Å². The standard InChI is InChI=1S/C20H22BrNO4S/c1-2-25-20(24)18-15-9-4-3-5-10-16(15)27-19(18)22-17(23)12-26-14-8-6-7-13(21)11-14/h6-8,11H,2-5,9-10,12H2,1H3,(H,22,23). The topological polar surface area (TPSA) is 64.6 Å². The number of rotatable bonds is 6. The van der Waals surface area contributed by atoms with E-state index >= 15 is 0 Å². The van der Waals surface area contributed by atoms with Crippen molar-refractivity contribution < 1.29 is 19.1 Å². The molecule has 0 aliphatic heterocycles. The fourth-order valence-corrected chi connectivity index (χ4v) is 4.79. The van der Waals surface area contributed by atoms with Gasteiger partial charge in [0.1, 0.15) is 10.8 Å². The third kappa shape index (κ3) is 5.11. The van der Waals surface area contributed by atoms with Gasteiger partial charge in [-0.25, -0.2) is 4.79 Å². The molecule has 1 N–H and O–H groups in total. The predicted octanol–water partition coefficient (Wildman–Crippen LogP) is 4.97. The summed E-state index contributed by atoms with van der Waals surface area (Å²) in [5.74, 6) is -0.0517. The van der Waals surface area contributed by atoms with Crippen molar-refractivity contribution in [2.24, 2.45) is 0 Å². The maximum Gasteiger partial charge on any atom is 0.341 e. The Kier molecular flexibility index (Phi) is 6.90. The Morgan fingerprint density at radius 1 is 1.22 bits per heavy atom. The van der Waals surface area contributed by atoms with Crippen molar-refractivity contribution >= 4 is 44.1 Å². The van der Waals surface area contributed by atoms with Gasteiger partial charge in [0.05, 0.1) is 12.2 Å². The summed E-state index contributed by atoms with van der Waals surface area (Å²) in [6, 6.07) is 7.31. The number of thiophene rings is 1. The van der Waals surface area contributed by atoms with Crippen LogP contribution in [0.15, 0.2) is 28.7 Å². The molecule has 0 saturated heterocycles. The molecule has 1 aromatic carbocycles. The highest BCUT2D eigenvalue weighted by atomic mass is 79.9. The average Bonchev–Trinajstić information content (AvgIpc) is 2.81. The maximum atomic E-state index is 12.5. The fraction of sp³-hybridized carbons (Fsp3) is 0.400. The number of halogens is 1. The number of hydrogen-bond donors (Lipinski definition) is 1. The minimum Gasteiger partial charge on any atom is -0.484 e. The molecule has 3 rings (SSSR count). The average molecular weight is 452 g/mol. The van der Waals surface area contributed by atoms with Gasteiger partial charge in [-0.2, -0.15) is 0 Å². The van der Waals surface area contributed by atoms with Crippen LogP contribution >= 0.6 is 27.3 Å². The predicted molar refractivity (Wildman–Crippen MR) is 110 cm³/mol. The smallest absolute Gasteiger partial charge is 0.341 e. The molecule has 7 heteroatoms. The first-order valence-corrected chi connectivity index (χ1v) is 10.7. The van der Waals surface area contributed by atoms with Crippen LogP contribution in [0.1, 0.15) is 47.0 Å². The van der Waals surface area contributed by atoms with Gasteiger partial charge in [0.15, 0.2) is 6.61 Å². The quantitative estimate of drug-likeness (QED) is 0.497. The molecule has 144 valence electrons. The monoisotopic (exact) mass is 451 g/mol. The Labute approximate surface area is 171 Å². The molecule has 0 fully saturated rings. The van der Waals surface area contributed by atoms with Crippen molar-refractivity contribution in [1.29, 1.82) is 0 Å². The number of fused-ring (bicyclic) bond motifs is 1. The first kappa shape index (κ1) is 19.9. The lowest BCUT2D eigenvalue weighted by molar-refractivity contribution is -0.118. The van der Waals surface area contributed by atoms with Crippen LogP contribution in [0, 0.1) is 0 Å². The zero-order chi connectivity index (χ0) is 19.2. The number of nitrogens with one attached hydrogen (secondary N) is 1. The molecule has 0 unspecified atom stereocenters. The minimum atomic E-state index is -0.361. The molecular formula is C20H22BrNO4S. The normalized spacial score (nSPS) is 13.4. The second kappa shape index (κ2) is 9.37. The minimum absolute atomic E-state index is 0.124. The number of aryl methyl sites for hydroxylation is 1. The van der Waals surface area contributed by atoms with E-state index in [2.05, 4.69) is 21.2 Å². The van der Waals surface area contributed by atoms with Crippen LogP contribution in [0.3, 0.4) is 0 Å². The Hall–Kier alpha value is -1.86. The van der Waals surface area contributed by atoms with Gasteiger partial charge in [-0.1, -0.05) is 28.4 Å². The Balaban J connectivity index is 1.74. The lowest BCUT2D eigenvalue weighted by Crippen LogP contribution is -2.21. The number of carbonyl (C=O) groups is 2. The van der Waals surface area contributed by atoms with E-state index in [4.69, 9.17) is 9.47 Å². The summed E-state index contributed by atoms with van der Waals surface area (Å²) in [5, 5.41) is 3.43. The van der Waals surface area contributed by atoms with Crippen molar-refractivity contribution in [3.8, 4) is 5.75 Å². The molecule has 0 spiro atoms. The van der Waals surface area contributed by atoms with Crippen LogP contribution in [-0.4, -0.2) is 25.1 Å². The van der Waals surface area contributed by atoms with Crippen molar-refractivity contribution in [2.75, 3.05) is 18.5 Å². The molecule has 0 saturated carbocycles. The van der Waals surface area contributed by atoms with Gasteiger partial charge in [-0.05, 0) is 56.4 Å². The number of ether oxygens (including phenoxy) is 2. The number of carbonyl (C=O) groups excluding carboxylic acids is 2. The summed E-state index contributed by atoms with van der Waals surface area (Å²) in [5.41, 5.74) is 1.56. The second-order valence-corrected chi connectivity index (χ2v) is 8.30. The summed E-state index contributed by atoms with van der Waals surface area (Å²) >= 11 is 4.86. The van der Waals surface area contributed by atoms with E-state index in [1.165, 1.54) is 16.2 Å². The van der Waals surface area contributed by atoms with Crippen LogP contribution in [0.2, 0.25) is 0 Å². The van der Waals surface area contributed by atoms with Gasteiger partial charge in [-0.3, -0.25) is 4.79 Å². The van der Waals surface area contributed by atoms with E-state index in [-0.39, 0.29) is 18.5 Å². The molecule has 2 aromatic rings. The van der Waals surface area contributed by atoms with Crippen LogP contribution in [0.5, 0.6) is 5.75 Å². The fourth-order valence-electron chi connectivity index (χ4n) is 3.12. The highest BCUT2D eigenvalue weighted by Crippen LogP contribution is 2.38. The van der Waals surface area contributed by atoms with Crippen molar-refractivity contribution in [2.45, 2.75) is 39.0 Å². The van der Waals surface area contributed by atoms with E-state index in [1.54, 1.807) is 19.1 Å². The first-order chi connectivity index (χ1) is 13.1. The van der Waals surface area contributed by atoms with E-state index in [1.807, 2.05) is 12.1 Å². The van der Waals surface area contributed by atoms with Gasteiger partial charge in [0.25, 0.3) is 5.91 Å². The van der Waals surface area contributed by atoms with E-state index in [0.29, 0.717) is 22.9 Å². The maximum absolute atomic E-state index is 12.5. The summed E-state index contributed by atoms with van der Waals surface area (Å²) in [6.07, 6.45) is 5.11. The highest BCUT2D eigenvalue weighted by molar-refractivity contribution is 9.10. The Morgan fingerprint density at radius 2 is 2.04 bits per heavy atom. The summed E-state index contributed by atoms with van der Waals surface area (Å²) in [7, 11) is 0. The molecule has 1 aliphatic carbocycles. The zero-order valence-corrected chi connectivity index (χ0v) is 17.6. The summed E-state index contributed by atoms with van der Waals surface area (Å²) < 4.78 is 11.7. The van der Waals surface area contributed by atoms with Gasteiger partial charge in [-0.15, -0.1) is 11.3 Å². The van der Waals surface area contributed by atoms with E-state index in [0.717, 1.165) is 42.1 Å². The lowest BCUT2D eigenvalue weighted by atomic mass is 10.1. The molecule has 0 atom stereocenters. The number of benzene rings is 1. The van der Waals surface area contributed by atoms with Crippen LogP contribution in [0.4, 0.5) is 5.00 Å².